The zero-order valence-electron chi connectivity index (χ0n) is 17.9. The predicted molar refractivity (Wildman–Crippen MR) is 121 cm³/mol. The molecule has 0 spiro atoms. The van der Waals surface area contributed by atoms with E-state index in [-0.39, 0.29) is 22.9 Å². The smallest absolute Gasteiger partial charge is 0.251 e. The molecular formula is C22H31N3O3S2. The molecule has 8 heteroatoms. The van der Waals surface area contributed by atoms with E-state index in [1.54, 1.807) is 29.5 Å². The number of benzene rings is 1. The Bertz CT molecular complexity index is 934. The van der Waals surface area contributed by atoms with Crippen LogP contribution in [0.4, 0.5) is 0 Å². The van der Waals surface area contributed by atoms with Crippen molar-refractivity contribution in [3.63, 3.8) is 0 Å². The molecule has 1 saturated heterocycles. The third kappa shape index (κ3) is 4.94. The summed E-state index contributed by atoms with van der Waals surface area (Å²) < 4.78 is 27.0. The fourth-order valence-electron chi connectivity index (χ4n) is 4.10. The summed E-state index contributed by atoms with van der Waals surface area (Å²) in [7, 11) is -3.60. The van der Waals surface area contributed by atoms with Crippen LogP contribution in [0, 0.1) is 0 Å². The molecule has 0 unspecified atom stereocenters. The van der Waals surface area contributed by atoms with Gasteiger partial charge >= 0.3 is 0 Å². The van der Waals surface area contributed by atoms with E-state index in [1.165, 1.54) is 28.1 Å². The summed E-state index contributed by atoms with van der Waals surface area (Å²) in [5.74, 6) is -0.250. The van der Waals surface area contributed by atoms with Gasteiger partial charge in [0.25, 0.3) is 5.91 Å². The van der Waals surface area contributed by atoms with Crippen LogP contribution in [-0.4, -0.2) is 55.8 Å². The largest absolute Gasteiger partial charge is 0.348 e. The molecule has 0 bridgehead atoms. The molecule has 1 aromatic carbocycles. The van der Waals surface area contributed by atoms with Gasteiger partial charge in [-0.2, -0.15) is 4.31 Å². The standard InChI is InChI=1S/C22H31N3O3S2/c1-4-25(5-2)30(27,28)19-11-8-10-18(16-19)22(26)23-17(3)21(20-12-9-15-29-20)24-13-6-7-14-24/h8-12,15-17,21H,4-7,13-14H2,1-3H3,(H,23,26)/t17-,21-/m1/s1. The molecule has 0 aliphatic carbocycles. The number of amides is 1. The molecule has 0 radical (unpaired) electrons. The number of hydrogen-bond donors (Lipinski definition) is 1. The second-order valence-electron chi connectivity index (χ2n) is 7.58. The number of nitrogens with zero attached hydrogens (tertiary/aromatic N) is 2. The quantitative estimate of drug-likeness (QED) is 0.633. The van der Waals surface area contributed by atoms with Crippen molar-refractivity contribution in [3.05, 3.63) is 52.2 Å². The van der Waals surface area contributed by atoms with Gasteiger partial charge in [-0.3, -0.25) is 9.69 Å². The normalized spacial score (nSPS) is 17.2. The number of carbonyl (C=O) groups is 1. The summed E-state index contributed by atoms with van der Waals surface area (Å²) in [6, 6.07) is 10.5. The van der Waals surface area contributed by atoms with Gasteiger partial charge in [0.05, 0.1) is 10.9 Å². The van der Waals surface area contributed by atoms with Crippen molar-refractivity contribution in [1.29, 1.82) is 0 Å². The van der Waals surface area contributed by atoms with Gasteiger partial charge in [0.1, 0.15) is 0 Å². The molecule has 1 fully saturated rings. The highest BCUT2D eigenvalue weighted by Crippen LogP contribution is 2.31. The van der Waals surface area contributed by atoms with Gasteiger partial charge in [-0.05, 0) is 62.5 Å². The Morgan fingerprint density at radius 3 is 2.47 bits per heavy atom. The second kappa shape index (κ2) is 10.0. The van der Waals surface area contributed by atoms with E-state index in [1.807, 2.05) is 26.8 Å². The Labute approximate surface area is 183 Å². The van der Waals surface area contributed by atoms with E-state index in [0.29, 0.717) is 18.7 Å². The zero-order chi connectivity index (χ0) is 21.7. The van der Waals surface area contributed by atoms with E-state index in [0.717, 1.165) is 13.1 Å². The minimum absolute atomic E-state index is 0.0997. The van der Waals surface area contributed by atoms with Gasteiger partial charge in [0.2, 0.25) is 10.0 Å². The third-order valence-corrected chi connectivity index (χ3v) is 8.63. The summed E-state index contributed by atoms with van der Waals surface area (Å²) >= 11 is 1.71. The monoisotopic (exact) mass is 449 g/mol. The number of likely N-dealkylation sites (tertiary alicyclic amines) is 1. The first-order valence-electron chi connectivity index (χ1n) is 10.6. The van der Waals surface area contributed by atoms with Crippen LogP contribution in [-0.2, 0) is 10.0 Å². The average molecular weight is 450 g/mol. The van der Waals surface area contributed by atoms with Crippen molar-refractivity contribution in [3.8, 4) is 0 Å². The maximum absolute atomic E-state index is 13.0. The highest BCUT2D eigenvalue weighted by molar-refractivity contribution is 7.89. The number of thiophene rings is 1. The average Bonchev–Trinajstić information content (AvgIpc) is 3.44. The first-order chi connectivity index (χ1) is 14.4. The Morgan fingerprint density at radius 2 is 1.87 bits per heavy atom. The van der Waals surface area contributed by atoms with Crippen LogP contribution in [0.3, 0.4) is 0 Å². The Kier molecular flexibility index (Phi) is 7.68. The Balaban J connectivity index is 1.80. The minimum atomic E-state index is -3.60. The van der Waals surface area contributed by atoms with E-state index in [9.17, 15) is 13.2 Å². The zero-order valence-corrected chi connectivity index (χ0v) is 19.5. The molecule has 30 heavy (non-hydrogen) atoms. The molecule has 0 saturated carbocycles. The summed E-state index contributed by atoms with van der Waals surface area (Å²) in [5.41, 5.74) is 0.362. The van der Waals surface area contributed by atoms with Crippen LogP contribution in [0.1, 0.15) is 54.9 Å². The van der Waals surface area contributed by atoms with Crippen LogP contribution in [0.5, 0.6) is 0 Å². The van der Waals surface area contributed by atoms with Crippen LogP contribution < -0.4 is 5.32 Å². The van der Waals surface area contributed by atoms with Crippen LogP contribution >= 0.6 is 11.3 Å². The summed E-state index contributed by atoms with van der Waals surface area (Å²) in [6.45, 7) is 8.48. The van der Waals surface area contributed by atoms with Gasteiger partial charge in [-0.25, -0.2) is 8.42 Å². The van der Waals surface area contributed by atoms with Crippen molar-refractivity contribution < 1.29 is 13.2 Å². The van der Waals surface area contributed by atoms with Crippen LogP contribution in [0.2, 0.25) is 0 Å². The third-order valence-electron chi connectivity index (χ3n) is 5.64. The van der Waals surface area contributed by atoms with Gasteiger partial charge in [-0.1, -0.05) is 26.0 Å². The Morgan fingerprint density at radius 1 is 1.17 bits per heavy atom. The SMILES string of the molecule is CCN(CC)S(=O)(=O)c1cccc(C(=O)N[C@H](C)[C@H](c2cccs2)N2CCCC2)c1. The van der Waals surface area contributed by atoms with Gasteiger partial charge in [0.15, 0.2) is 0 Å². The van der Waals surface area contributed by atoms with Crippen LogP contribution in [0.25, 0.3) is 0 Å². The topological polar surface area (TPSA) is 69.7 Å². The molecule has 3 rings (SSSR count). The van der Waals surface area contributed by atoms with E-state index >= 15 is 0 Å². The summed E-state index contributed by atoms with van der Waals surface area (Å²) in [5, 5.41) is 5.18. The van der Waals surface area contributed by atoms with Crippen molar-refractivity contribution >= 4 is 27.3 Å². The van der Waals surface area contributed by atoms with Gasteiger partial charge in [-0.15, -0.1) is 11.3 Å². The van der Waals surface area contributed by atoms with Crippen molar-refractivity contribution in [2.45, 2.75) is 50.6 Å². The number of sulfonamides is 1. The van der Waals surface area contributed by atoms with Crippen molar-refractivity contribution in [2.75, 3.05) is 26.2 Å². The molecule has 164 valence electrons. The summed E-state index contributed by atoms with van der Waals surface area (Å²) in [4.78, 5) is 16.8. The number of hydrogen-bond acceptors (Lipinski definition) is 5. The lowest BCUT2D eigenvalue weighted by Crippen LogP contribution is -2.43. The highest BCUT2D eigenvalue weighted by Gasteiger charge is 2.30. The number of carbonyl (C=O) groups excluding carboxylic acids is 1. The van der Waals surface area contributed by atoms with Gasteiger partial charge < -0.3 is 5.32 Å². The molecule has 1 aliphatic heterocycles. The van der Waals surface area contributed by atoms with E-state index < -0.39 is 10.0 Å². The highest BCUT2D eigenvalue weighted by atomic mass is 32.2. The fraction of sp³-hybridized carbons (Fsp3) is 0.500. The lowest BCUT2D eigenvalue weighted by atomic mass is 10.1. The van der Waals surface area contributed by atoms with Crippen molar-refractivity contribution in [1.82, 2.24) is 14.5 Å². The summed E-state index contributed by atoms with van der Waals surface area (Å²) in [6.07, 6.45) is 2.35. The maximum Gasteiger partial charge on any atom is 0.251 e. The van der Waals surface area contributed by atoms with E-state index in [2.05, 4.69) is 21.7 Å². The second-order valence-corrected chi connectivity index (χ2v) is 10.5. The number of nitrogens with one attached hydrogen (secondary N) is 1. The molecule has 1 amide bonds. The minimum Gasteiger partial charge on any atom is -0.348 e. The molecule has 2 heterocycles. The molecule has 2 atom stereocenters. The molecule has 2 aromatic rings. The molecule has 1 aliphatic rings. The lowest BCUT2D eigenvalue weighted by molar-refractivity contribution is 0.0907. The maximum atomic E-state index is 13.0. The predicted octanol–water partition coefficient (Wildman–Crippen LogP) is 3.73. The first-order valence-corrected chi connectivity index (χ1v) is 12.9. The number of rotatable bonds is 9. The Hall–Kier alpha value is -1.74. The lowest BCUT2D eigenvalue weighted by Gasteiger charge is -2.32. The van der Waals surface area contributed by atoms with Crippen LogP contribution in [0.15, 0.2) is 46.7 Å². The molecule has 1 N–H and O–H groups in total. The van der Waals surface area contributed by atoms with Crippen molar-refractivity contribution in [2.24, 2.45) is 0 Å². The van der Waals surface area contributed by atoms with E-state index in [4.69, 9.17) is 0 Å². The fourth-order valence-corrected chi connectivity index (χ4v) is 6.57. The van der Waals surface area contributed by atoms with Gasteiger partial charge in [0, 0.05) is 29.6 Å². The first kappa shape index (κ1) is 22.9. The molecule has 6 nitrogen and oxygen atoms in total. The molecule has 1 aromatic heterocycles. The molecular weight excluding hydrogens is 418 g/mol.